The number of ether oxygens (including phenoxy) is 9. The molecule has 0 spiro atoms. The molecular weight excluding hydrogens is 1890 g/mol. The minimum atomic E-state index is -0.952. The molecular formula is C97H150N22O26. The Labute approximate surface area is 846 Å². The number of aromatic nitrogens is 14. The zero-order valence-electron chi connectivity index (χ0n) is 86.6. The first kappa shape index (κ1) is 128. The first-order valence-electron chi connectivity index (χ1n) is 47.8. The maximum absolute atomic E-state index is 11.6. The summed E-state index contributed by atoms with van der Waals surface area (Å²) in [7, 11) is 0. The van der Waals surface area contributed by atoms with Crippen LogP contribution < -0.4 is 80.4 Å². The number of rotatable bonds is 46. The van der Waals surface area contributed by atoms with Crippen LogP contribution in [0.3, 0.4) is 0 Å². The van der Waals surface area contributed by atoms with Gasteiger partial charge in [-0.1, -0.05) is 145 Å². The first-order chi connectivity index (χ1) is 68.8. The van der Waals surface area contributed by atoms with Crippen molar-refractivity contribution >= 4 is 93.4 Å². The van der Waals surface area contributed by atoms with Crippen LogP contribution in [-0.2, 0) is 43.1 Å². The fourth-order valence-electron chi connectivity index (χ4n) is 8.99. The number of aliphatic hydroxyl groups is 9. The minimum absolute atomic E-state index is 0.00409. The van der Waals surface area contributed by atoms with E-state index < -0.39 is 42.7 Å². The van der Waals surface area contributed by atoms with E-state index in [4.69, 9.17) is 63.1 Å². The lowest BCUT2D eigenvalue weighted by Crippen LogP contribution is -2.26. The van der Waals surface area contributed by atoms with Crippen LogP contribution in [0.2, 0.25) is 0 Å². The molecule has 804 valence electrons. The molecule has 0 radical (unpaired) electrons. The number of hydrogen-bond donors (Lipinski definition) is 17. The highest BCUT2D eigenvalue weighted by Gasteiger charge is 2.21. The number of pyridine rings is 2. The molecule has 1 aliphatic heterocycles. The van der Waals surface area contributed by atoms with E-state index >= 15 is 0 Å². The van der Waals surface area contributed by atoms with E-state index in [9.17, 15) is 63.9 Å². The molecule has 17 N–H and O–H groups in total. The molecule has 0 bridgehead atoms. The van der Waals surface area contributed by atoms with Crippen LogP contribution in [-0.4, -0.2) is 284 Å². The number of carbonyl (C=O) groups excluding carboxylic acids is 8. The van der Waals surface area contributed by atoms with Crippen LogP contribution in [0.4, 0.5) is 46.2 Å². The van der Waals surface area contributed by atoms with Gasteiger partial charge in [0.15, 0.2) is 5.82 Å². The topological polar surface area (TPSA) is 678 Å². The molecule has 48 nitrogen and oxygen atoms in total. The molecule has 48 heteroatoms. The number of nitrogens with one attached hydrogen (secondary N) is 8. The van der Waals surface area contributed by atoms with E-state index in [2.05, 4.69) is 112 Å². The molecule has 0 aliphatic carbocycles. The molecule has 1 saturated heterocycles. The normalized spacial score (nSPS) is 12.8. The summed E-state index contributed by atoms with van der Waals surface area (Å²) in [6.45, 7) is 39.6. The van der Waals surface area contributed by atoms with Crippen molar-refractivity contribution in [1.29, 1.82) is 0 Å². The van der Waals surface area contributed by atoms with Crippen molar-refractivity contribution in [1.82, 2.24) is 69.8 Å². The highest BCUT2D eigenvalue weighted by molar-refractivity contribution is 5.95. The van der Waals surface area contributed by atoms with Gasteiger partial charge in [0, 0.05) is 96.7 Å². The molecule has 1 aliphatic rings. The van der Waals surface area contributed by atoms with Gasteiger partial charge < -0.3 is 131 Å². The molecule has 0 unspecified atom stereocenters. The Hall–Kier alpha value is -13.5. The molecule has 145 heavy (non-hydrogen) atoms. The fourth-order valence-corrected chi connectivity index (χ4v) is 8.99. The van der Waals surface area contributed by atoms with Gasteiger partial charge in [0.05, 0.1) is 112 Å². The zero-order valence-corrected chi connectivity index (χ0v) is 86.6. The second-order valence-corrected chi connectivity index (χ2v) is 34.4. The van der Waals surface area contributed by atoms with Gasteiger partial charge in [0.2, 0.25) is 59.0 Å². The predicted molar refractivity (Wildman–Crippen MR) is 539 cm³/mol. The molecule has 1 fully saturated rings. The van der Waals surface area contributed by atoms with Gasteiger partial charge in [-0.05, 0) is 68.5 Å². The molecule has 9 rings (SSSR count). The number of nitrogens with zero attached hydrogens (tertiary/aromatic N) is 14. The van der Waals surface area contributed by atoms with Gasteiger partial charge in [-0.3, -0.25) is 38.4 Å². The summed E-state index contributed by atoms with van der Waals surface area (Å²) >= 11 is 0. The van der Waals surface area contributed by atoms with E-state index in [0.717, 1.165) is 12.8 Å². The highest BCUT2D eigenvalue weighted by atomic mass is 16.5. The third-order valence-corrected chi connectivity index (χ3v) is 18.6. The number of amides is 8. The van der Waals surface area contributed by atoms with E-state index in [0.29, 0.717) is 109 Å². The summed E-state index contributed by atoms with van der Waals surface area (Å²) in [6, 6.07) is 12.4. The Morgan fingerprint density at radius 3 is 0.945 bits per heavy atom. The SMILES string of the molecule is CC(C)C(=O)Nc1ccc(OC[C@@H](O)CO)cn1.CC(C)C(=O)Nc1ccnc(OC2CCOCC2)n1.CC(C)C(=O)Nc1cnc(OC[C@H](O)CO)cn1.CC[C@@H](O)COc1cc(NC(=O)C(C)C)ccn1.CC[C@@H](O)COc1ncc(NC(=O)C(C)C)cn1.CC[C@@H](O)COc1nccc(NC(=O)C(C)C)n1.CC[C@H](O)COc1ncc(NC(=O)C(C)C)cn1.CC[C@H](O)COc1nccc(NC(=O)C(C)C)n1. The van der Waals surface area contributed by atoms with Crippen LogP contribution in [0, 0.1) is 47.3 Å². The van der Waals surface area contributed by atoms with Gasteiger partial charge >= 0.3 is 30.1 Å². The molecule has 0 aromatic carbocycles. The largest absolute Gasteiger partial charge is 0.489 e. The third kappa shape index (κ3) is 58.8. The third-order valence-electron chi connectivity index (χ3n) is 18.6. The van der Waals surface area contributed by atoms with Gasteiger partial charge in [-0.2, -0.15) is 15.0 Å². The predicted octanol–water partition coefficient (Wildman–Crippen LogP) is 8.55. The van der Waals surface area contributed by atoms with E-state index in [-0.39, 0.29) is 190 Å². The molecule has 8 amide bonds. The molecule has 8 aromatic rings. The summed E-state index contributed by atoms with van der Waals surface area (Å²) in [5.74, 6) is 1.47. The molecule has 9 heterocycles. The Morgan fingerprint density at radius 1 is 0.297 bits per heavy atom. The average molecular weight is 2040 g/mol. The van der Waals surface area contributed by atoms with Crippen LogP contribution in [0.1, 0.15) is 190 Å². The van der Waals surface area contributed by atoms with E-state index in [1.807, 2.05) is 62.3 Å². The van der Waals surface area contributed by atoms with Crippen molar-refractivity contribution in [3.63, 3.8) is 0 Å². The smallest absolute Gasteiger partial charge is 0.318 e. The summed E-state index contributed by atoms with van der Waals surface area (Å²) in [4.78, 5) is 147. The van der Waals surface area contributed by atoms with Crippen LogP contribution in [0.15, 0.2) is 111 Å². The van der Waals surface area contributed by atoms with Gasteiger partial charge in [0.25, 0.3) is 0 Å². The standard InChI is InChI=1S/C13H19N3O3.C13H20N2O3.4C12H19N3O3.C12H18N2O4.C11H17N3O4/c1-9(2)12(17)15-11-3-6-14-13(16-11)19-10-4-7-18-8-5-10;1-4-11(16)8-18-12-7-10(5-6-14-12)15-13(17)9(2)3;2*1-4-10(16)7-18-12-13-5-9(6-14-12)15-11(17)8(2)3;2*1-4-9(16)7-18-12-13-6-5-10(15-12)14-11(17)8(2)3;1-8(2)12(17)14-11-4-3-10(5-13-11)18-7-9(16)6-15;1-7(2)11(17)14-9-3-13-10(4-12-9)18-6-8(16)5-15/h3,6,9-10H,4-5,7-8H2,1-2H3,(H,14,15,16,17);5-7,9,11,16H,4,8H2,1-3H3,(H,14,15,17);2*5-6,8,10,16H,4,7H2,1-3H3,(H,15,17);2*5-6,8-9,16H,4,7H2,1-3H3,(H,13,14,15,17);3-5,8-9,15-16H,6-7H2,1-2H3,(H,13,14,17);3-4,7-8,15-16H,5-6H2,1-2H3,(H,12,14,17)/t;11-;2*10-;3*9-;8-/m.1101001/s1. The Bertz CT molecular complexity index is 4480. The van der Waals surface area contributed by atoms with Crippen molar-refractivity contribution in [2.75, 3.05) is 115 Å². The van der Waals surface area contributed by atoms with Crippen LogP contribution >= 0.6 is 0 Å². The Morgan fingerprint density at radius 2 is 0.600 bits per heavy atom. The number of aliphatic hydroxyl groups excluding tert-OH is 9. The maximum atomic E-state index is 11.6. The summed E-state index contributed by atoms with van der Waals surface area (Å²) in [6.07, 6.45) is 16.5. The Kier molecular flexibility index (Phi) is 64.0. The van der Waals surface area contributed by atoms with Crippen molar-refractivity contribution in [3.8, 4) is 47.6 Å². The minimum Gasteiger partial charge on any atom is -0.489 e. The van der Waals surface area contributed by atoms with Gasteiger partial charge in [-0.25, -0.2) is 54.8 Å². The highest BCUT2D eigenvalue weighted by Crippen LogP contribution is 2.22. The van der Waals surface area contributed by atoms with Gasteiger partial charge in [-0.15, -0.1) is 0 Å². The lowest BCUT2D eigenvalue weighted by molar-refractivity contribution is -0.119. The maximum Gasteiger partial charge on any atom is 0.318 e. The summed E-state index contributed by atoms with van der Waals surface area (Å²) in [5, 5.41) is 103. The lowest BCUT2D eigenvalue weighted by Gasteiger charge is -2.22. The summed E-state index contributed by atoms with van der Waals surface area (Å²) < 4.78 is 47.3. The molecule has 7 atom stereocenters. The quantitative estimate of drug-likeness (QED) is 0.0170. The van der Waals surface area contributed by atoms with E-state index in [1.54, 1.807) is 138 Å². The fraction of sp³-hybridized carbons (Fsp3) is 0.567. The second-order valence-electron chi connectivity index (χ2n) is 34.4. The van der Waals surface area contributed by atoms with E-state index in [1.165, 1.54) is 55.8 Å². The second kappa shape index (κ2) is 72.7. The van der Waals surface area contributed by atoms with Crippen LogP contribution in [0.5, 0.6) is 47.6 Å². The zero-order chi connectivity index (χ0) is 108. The van der Waals surface area contributed by atoms with Crippen molar-refractivity contribution in [2.45, 2.75) is 239 Å². The Balaban J connectivity index is 0.000000560. The monoisotopic (exact) mass is 2040 g/mol. The van der Waals surface area contributed by atoms with Crippen molar-refractivity contribution in [3.05, 3.63) is 111 Å². The van der Waals surface area contributed by atoms with Gasteiger partial charge in [0.1, 0.15) is 93.6 Å². The first-order valence-corrected chi connectivity index (χ1v) is 47.8. The number of hydrogen-bond acceptors (Lipinski definition) is 40. The number of anilines is 8. The number of carbonyl (C=O) groups is 8. The molecule has 0 saturated carbocycles. The van der Waals surface area contributed by atoms with Crippen LogP contribution in [0.25, 0.3) is 0 Å². The average Bonchev–Trinajstić information content (AvgIpc) is 0.878. The van der Waals surface area contributed by atoms with Crippen molar-refractivity contribution < 1.29 is 127 Å². The lowest BCUT2D eigenvalue weighted by atomic mass is 10.2. The van der Waals surface area contributed by atoms with Crippen molar-refractivity contribution in [2.24, 2.45) is 47.3 Å². The molecule has 8 aromatic heterocycles. The summed E-state index contributed by atoms with van der Waals surface area (Å²) in [5.41, 5.74) is 1.69.